The number of carbonyl (C=O) groups is 2. The molecule has 0 saturated carbocycles. The number of rotatable bonds is 9. The molecule has 3 rings (SSSR count). The van der Waals surface area contributed by atoms with Crippen LogP contribution in [0.1, 0.15) is 21.5 Å². The molecule has 0 unspecified atom stereocenters. The summed E-state index contributed by atoms with van der Waals surface area (Å²) in [5, 5.41) is 15.2. The molecule has 0 aliphatic heterocycles. The molecule has 0 spiro atoms. The zero-order chi connectivity index (χ0) is 24.0. The predicted octanol–water partition coefficient (Wildman–Crippen LogP) is 5.75. The number of nitrogens with one attached hydrogen (secondary N) is 2. The van der Waals surface area contributed by atoms with E-state index in [1.807, 2.05) is 37.3 Å². The summed E-state index contributed by atoms with van der Waals surface area (Å²) in [6.07, 6.45) is 0. The van der Waals surface area contributed by atoms with E-state index in [1.54, 1.807) is 18.2 Å². The van der Waals surface area contributed by atoms with Crippen molar-refractivity contribution in [2.75, 3.05) is 24.4 Å². The van der Waals surface area contributed by atoms with Gasteiger partial charge in [0.15, 0.2) is 18.1 Å². The summed E-state index contributed by atoms with van der Waals surface area (Å²) in [7, 11) is 1.52. The number of benzene rings is 3. The number of hydrogen-bond donors (Lipinski definition) is 3. The molecule has 0 saturated heterocycles. The molecule has 0 bridgehead atoms. The third-order valence-corrected chi connectivity index (χ3v) is 5.57. The van der Waals surface area contributed by atoms with E-state index in [4.69, 9.17) is 26.2 Å². The average molecular weight is 534 g/mol. The maximum absolute atomic E-state index is 12.3. The van der Waals surface area contributed by atoms with Gasteiger partial charge in [-0.1, -0.05) is 29.3 Å². The topological polar surface area (TPSA) is 96.9 Å². The van der Waals surface area contributed by atoms with Crippen LogP contribution in [0.25, 0.3) is 0 Å². The van der Waals surface area contributed by atoms with Crippen molar-refractivity contribution in [3.8, 4) is 11.5 Å². The maximum Gasteiger partial charge on any atom is 0.337 e. The van der Waals surface area contributed by atoms with Crippen LogP contribution in [0.3, 0.4) is 0 Å². The number of hydrogen-bond acceptors (Lipinski definition) is 5. The number of halogens is 2. The van der Waals surface area contributed by atoms with Gasteiger partial charge in [-0.3, -0.25) is 4.79 Å². The van der Waals surface area contributed by atoms with Gasteiger partial charge in [0, 0.05) is 17.9 Å². The van der Waals surface area contributed by atoms with Crippen molar-refractivity contribution in [2.45, 2.75) is 13.5 Å². The van der Waals surface area contributed by atoms with E-state index in [2.05, 4.69) is 26.6 Å². The highest BCUT2D eigenvalue weighted by molar-refractivity contribution is 9.10. The summed E-state index contributed by atoms with van der Waals surface area (Å²) in [4.78, 5) is 23.3. The molecule has 172 valence electrons. The van der Waals surface area contributed by atoms with Gasteiger partial charge >= 0.3 is 5.97 Å². The van der Waals surface area contributed by atoms with Crippen LogP contribution in [0.5, 0.6) is 11.5 Å². The molecule has 0 aliphatic rings. The lowest BCUT2D eigenvalue weighted by molar-refractivity contribution is -0.118. The van der Waals surface area contributed by atoms with E-state index in [-0.39, 0.29) is 23.1 Å². The van der Waals surface area contributed by atoms with Gasteiger partial charge < -0.3 is 25.2 Å². The standard InChI is InChI=1S/C24H22BrClN2O5/c1-14-3-5-16(6-4-14)28-22(29)13-33-23-19(25)9-15(10-21(23)32-2)12-27-17-7-8-18(24(30)31)20(26)11-17/h3-11,27H,12-13H2,1-2H3,(H,28,29)(H,30,31). The zero-order valence-corrected chi connectivity index (χ0v) is 20.3. The summed E-state index contributed by atoms with van der Waals surface area (Å²) >= 11 is 9.50. The molecule has 0 aromatic heterocycles. The molecule has 3 aromatic carbocycles. The normalized spacial score (nSPS) is 10.4. The quantitative estimate of drug-likeness (QED) is 0.324. The number of aryl methyl sites for hydroxylation is 1. The highest BCUT2D eigenvalue weighted by Gasteiger charge is 2.14. The first-order valence-corrected chi connectivity index (χ1v) is 11.1. The van der Waals surface area contributed by atoms with Crippen LogP contribution in [0, 0.1) is 6.92 Å². The summed E-state index contributed by atoms with van der Waals surface area (Å²) in [6, 6.07) is 15.8. The Labute approximate surface area is 204 Å². The first kappa shape index (κ1) is 24.4. The van der Waals surface area contributed by atoms with Crippen LogP contribution < -0.4 is 20.1 Å². The Hall–Kier alpha value is -3.23. The third-order valence-electron chi connectivity index (χ3n) is 4.67. The highest BCUT2D eigenvalue weighted by Crippen LogP contribution is 2.37. The zero-order valence-electron chi connectivity index (χ0n) is 17.9. The van der Waals surface area contributed by atoms with Gasteiger partial charge in [-0.25, -0.2) is 4.79 Å². The summed E-state index contributed by atoms with van der Waals surface area (Å²) in [6.45, 7) is 2.21. The van der Waals surface area contributed by atoms with Crippen molar-refractivity contribution in [1.82, 2.24) is 0 Å². The molecule has 0 fully saturated rings. The van der Waals surface area contributed by atoms with Gasteiger partial charge in [0.25, 0.3) is 5.91 Å². The fourth-order valence-electron chi connectivity index (χ4n) is 2.99. The number of methoxy groups -OCH3 is 1. The van der Waals surface area contributed by atoms with Crippen molar-refractivity contribution < 1.29 is 24.2 Å². The van der Waals surface area contributed by atoms with Crippen LogP contribution in [0.15, 0.2) is 59.1 Å². The minimum atomic E-state index is -1.08. The summed E-state index contributed by atoms with van der Waals surface area (Å²) < 4.78 is 11.8. The van der Waals surface area contributed by atoms with E-state index >= 15 is 0 Å². The fourth-order valence-corrected chi connectivity index (χ4v) is 3.85. The monoisotopic (exact) mass is 532 g/mol. The van der Waals surface area contributed by atoms with E-state index in [9.17, 15) is 9.59 Å². The van der Waals surface area contributed by atoms with Crippen molar-refractivity contribution in [2.24, 2.45) is 0 Å². The molecule has 0 heterocycles. The maximum atomic E-state index is 12.3. The molecular weight excluding hydrogens is 512 g/mol. The minimum Gasteiger partial charge on any atom is -0.493 e. The lowest BCUT2D eigenvalue weighted by atomic mass is 10.1. The highest BCUT2D eigenvalue weighted by atomic mass is 79.9. The Bertz CT molecular complexity index is 1170. The lowest BCUT2D eigenvalue weighted by Crippen LogP contribution is -2.20. The largest absolute Gasteiger partial charge is 0.493 e. The van der Waals surface area contributed by atoms with Gasteiger partial charge in [-0.2, -0.15) is 0 Å². The molecule has 9 heteroatoms. The van der Waals surface area contributed by atoms with Crippen LogP contribution in [-0.2, 0) is 11.3 Å². The molecule has 3 N–H and O–H groups in total. The second-order valence-electron chi connectivity index (χ2n) is 7.17. The molecule has 0 atom stereocenters. The number of carboxylic acid groups (broad SMARTS) is 1. The second-order valence-corrected chi connectivity index (χ2v) is 8.43. The lowest BCUT2D eigenvalue weighted by Gasteiger charge is -2.15. The van der Waals surface area contributed by atoms with E-state index in [0.29, 0.717) is 33.9 Å². The smallest absolute Gasteiger partial charge is 0.337 e. The minimum absolute atomic E-state index is 0.0412. The molecular formula is C24H22BrClN2O5. The van der Waals surface area contributed by atoms with E-state index in [0.717, 1.165) is 11.1 Å². The number of anilines is 2. The molecule has 7 nitrogen and oxygen atoms in total. The van der Waals surface area contributed by atoms with Gasteiger partial charge in [-0.15, -0.1) is 0 Å². The summed E-state index contributed by atoms with van der Waals surface area (Å²) in [5.41, 5.74) is 3.38. The Morgan fingerprint density at radius 2 is 1.76 bits per heavy atom. The van der Waals surface area contributed by atoms with Crippen LogP contribution in [-0.4, -0.2) is 30.7 Å². The number of ether oxygens (including phenoxy) is 2. The van der Waals surface area contributed by atoms with E-state index in [1.165, 1.54) is 13.2 Å². The number of amides is 1. The first-order chi connectivity index (χ1) is 15.8. The fraction of sp³-hybridized carbons (Fsp3) is 0.167. The third kappa shape index (κ3) is 6.63. The van der Waals surface area contributed by atoms with Crippen molar-refractivity contribution in [1.29, 1.82) is 0 Å². The Morgan fingerprint density at radius 1 is 1.06 bits per heavy atom. The molecule has 1 amide bonds. The Balaban J connectivity index is 1.64. The number of carboxylic acids is 1. The predicted molar refractivity (Wildman–Crippen MR) is 132 cm³/mol. The van der Waals surface area contributed by atoms with Gasteiger partial charge in [0.1, 0.15) is 0 Å². The number of carbonyl (C=O) groups excluding carboxylic acids is 1. The molecule has 3 aromatic rings. The Morgan fingerprint density at radius 3 is 2.39 bits per heavy atom. The van der Waals surface area contributed by atoms with E-state index < -0.39 is 5.97 Å². The average Bonchev–Trinajstić information content (AvgIpc) is 2.78. The van der Waals surface area contributed by atoms with Gasteiger partial charge in [0.05, 0.1) is 22.2 Å². The van der Waals surface area contributed by atoms with Crippen LogP contribution in [0.2, 0.25) is 5.02 Å². The van der Waals surface area contributed by atoms with Crippen molar-refractivity contribution >= 4 is 50.8 Å². The molecule has 0 radical (unpaired) electrons. The van der Waals surface area contributed by atoms with Gasteiger partial charge in [0.2, 0.25) is 0 Å². The molecule has 0 aliphatic carbocycles. The Kier molecular flexibility index (Phi) is 8.19. The second kappa shape index (κ2) is 11.1. The molecule has 33 heavy (non-hydrogen) atoms. The van der Waals surface area contributed by atoms with Crippen LogP contribution in [0.4, 0.5) is 11.4 Å². The summed E-state index contributed by atoms with van der Waals surface area (Å²) in [5.74, 6) is -0.499. The van der Waals surface area contributed by atoms with Crippen molar-refractivity contribution in [3.05, 3.63) is 80.8 Å². The van der Waals surface area contributed by atoms with Crippen molar-refractivity contribution in [3.63, 3.8) is 0 Å². The first-order valence-electron chi connectivity index (χ1n) is 9.89. The SMILES string of the molecule is COc1cc(CNc2ccc(C(=O)O)c(Cl)c2)cc(Br)c1OCC(=O)Nc1ccc(C)cc1. The van der Waals surface area contributed by atoms with Crippen LogP contribution >= 0.6 is 27.5 Å². The number of aromatic carboxylic acids is 1. The van der Waals surface area contributed by atoms with Gasteiger partial charge in [-0.05, 0) is 70.9 Å².